The van der Waals surface area contributed by atoms with Gasteiger partial charge in [0.1, 0.15) is 33.5 Å². The van der Waals surface area contributed by atoms with Crippen molar-refractivity contribution in [3.63, 3.8) is 0 Å². The first-order valence-electron chi connectivity index (χ1n) is 21.0. The molecule has 0 atom stereocenters. The van der Waals surface area contributed by atoms with Gasteiger partial charge in [0.25, 0.3) is 0 Å². The molecule has 4 nitrogen and oxygen atoms in total. The van der Waals surface area contributed by atoms with Crippen molar-refractivity contribution in [3.05, 3.63) is 212 Å². The van der Waals surface area contributed by atoms with E-state index in [2.05, 4.69) is 193 Å². The quantitative estimate of drug-likeness (QED) is 0.168. The average Bonchev–Trinajstić information content (AvgIpc) is 4.04. The standard InChI is InChI=1S/C58H35NO3/c1-2-10-46-37(9-1)25-33-49-57-45(14-8-18-55(57)62-58(46)49)39-23-31-43(32-24-39)59(41-27-19-36(20-28-41)40-26-34-53-50(35-40)47-11-3-5-15-51(47)60-53)42-29-21-38(22-30-42)44-13-7-17-54-56(44)48-12-4-6-16-52(48)61-54/h1-35H. The smallest absolute Gasteiger partial charge is 0.143 e. The highest BCUT2D eigenvalue weighted by Crippen LogP contribution is 2.43. The van der Waals surface area contributed by atoms with Crippen LogP contribution in [0.5, 0.6) is 0 Å². The molecule has 3 heterocycles. The van der Waals surface area contributed by atoms with Crippen molar-refractivity contribution in [1.82, 2.24) is 0 Å². The second-order valence-electron chi connectivity index (χ2n) is 16.0. The second-order valence-corrected chi connectivity index (χ2v) is 16.0. The van der Waals surface area contributed by atoms with E-state index in [-0.39, 0.29) is 0 Å². The van der Waals surface area contributed by atoms with Crippen LogP contribution in [0.1, 0.15) is 0 Å². The van der Waals surface area contributed by atoms with Crippen molar-refractivity contribution >= 4 is 93.7 Å². The minimum Gasteiger partial charge on any atom is -0.456 e. The third kappa shape index (κ3) is 5.40. The number of fused-ring (bicyclic) bond motifs is 11. The SMILES string of the molecule is c1ccc2c(c1)ccc1c2oc2cccc(-c3ccc(N(c4ccc(-c5ccc6oc7ccccc7c6c5)cc4)c4ccc(-c5cccc6oc7ccccc7c56)cc4)cc3)c21. The van der Waals surface area contributed by atoms with Crippen LogP contribution in [0.15, 0.2) is 226 Å². The fourth-order valence-corrected chi connectivity index (χ4v) is 9.55. The molecule has 13 rings (SSSR count). The van der Waals surface area contributed by atoms with Gasteiger partial charge in [0, 0.05) is 54.8 Å². The van der Waals surface area contributed by atoms with E-state index in [1.807, 2.05) is 24.3 Å². The number of hydrogen-bond donors (Lipinski definition) is 0. The van der Waals surface area contributed by atoms with Gasteiger partial charge >= 0.3 is 0 Å². The summed E-state index contributed by atoms with van der Waals surface area (Å²) < 4.78 is 18.9. The summed E-state index contributed by atoms with van der Waals surface area (Å²) in [5, 5.41) is 9.06. The summed E-state index contributed by atoms with van der Waals surface area (Å²) in [6.45, 7) is 0. The zero-order chi connectivity index (χ0) is 40.7. The van der Waals surface area contributed by atoms with E-state index in [4.69, 9.17) is 13.3 Å². The van der Waals surface area contributed by atoms with Gasteiger partial charge < -0.3 is 18.2 Å². The summed E-state index contributed by atoms with van der Waals surface area (Å²) in [6.07, 6.45) is 0. The Balaban J connectivity index is 0.913. The molecule has 3 aromatic heterocycles. The van der Waals surface area contributed by atoms with Crippen LogP contribution in [0.3, 0.4) is 0 Å². The molecule has 0 saturated heterocycles. The van der Waals surface area contributed by atoms with Crippen LogP contribution in [-0.4, -0.2) is 0 Å². The third-order valence-corrected chi connectivity index (χ3v) is 12.5. The summed E-state index contributed by atoms with van der Waals surface area (Å²) in [5.41, 5.74) is 15.4. The summed E-state index contributed by atoms with van der Waals surface area (Å²) in [7, 11) is 0. The molecular formula is C58H35NO3. The maximum Gasteiger partial charge on any atom is 0.143 e. The van der Waals surface area contributed by atoms with E-state index in [0.29, 0.717) is 0 Å². The van der Waals surface area contributed by atoms with Crippen molar-refractivity contribution in [2.45, 2.75) is 0 Å². The number of hydrogen-bond acceptors (Lipinski definition) is 4. The first-order chi connectivity index (χ1) is 30.7. The molecule has 0 aliphatic carbocycles. The van der Waals surface area contributed by atoms with Crippen LogP contribution < -0.4 is 4.90 Å². The highest BCUT2D eigenvalue weighted by molar-refractivity contribution is 6.19. The van der Waals surface area contributed by atoms with Gasteiger partial charge in [-0.15, -0.1) is 0 Å². The summed E-state index contributed by atoms with van der Waals surface area (Å²) in [5.74, 6) is 0. The fraction of sp³-hybridized carbons (Fsp3) is 0. The van der Waals surface area contributed by atoms with Gasteiger partial charge in [0.05, 0.1) is 0 Å². The number of anilines is 3. The molecule has 0 aliphatic heterocycles. The van der Waals surface area contributed by atoms with Crippen LogP contribution in [-0.2, 0) is 0 Å². The van der Waals surface area contributed by atoms with E-state index in [9.17, 15) is 0 Å². The van der Waals surface area contributed by atoms with Gasteiger partial charge in [0.2, 0.25) is 0 Å². The molecule has 0 N–H and O–H groups in total. The Morgan fingerprint density at radius 3 is 1.44 bits per heavy atom. The molecule has 0 unspecified atom stereocenters. The Morgan fingerprint density at radius 2 is 0.758 bits per heavy atom. The predicted molar refractivity (Wildman–Crippen MR) is 257 cm³/mol. The number of nitrogens with zero attached hydrogens (tertiary/aromatic N) is 1. The lowest BCUT2D eigenvalue weighted by atomic mass is 9.97. The summed E-state index contributed by atoms with van der Waals surface area (Å²) in [6, 6.07) is 75.1. The molecule has 290 valence electrons. The molecule has 0 bridgehead atoms. The van der Waals surface area contributed by atoms with E-state index >= 15 is 0 Å². The molecule has 13 aromatic rings. The molecular weight excluding hydrogens is 759 g/mol. The van der Waals surface area contributed by atoms with Crippen molar-refractivity contribution < 1.29 is 13.3 Å². The van der Waals surface area contributed by atoms with E-state index < -0.39 is 0 Å². The minimum absolute atomic E-state index is 0.888. The van der Waals surface area contributed by atoms with Gasteiger partial charge in [-0.2, -0.15) is 0 Å². The van der Waals surface area contributed by atoms with Crippen LogP contribution in [0, 0.1) is 0 Å². The third-order valence-electron chi connectivity index (χ3n) is 12.5. The van der Waals surface area contributed by atoms with Gasteiger partial charge in [0.15, 0.2) is 0 Å². The molecule has 0 spiro atoms. The normalized spacial score (nSPS) is 11.9. The monoisotopic (exact) mass is 793 g/mol. The van der Waals surface area contributed by atoms with Crippen molar-refractivity contribution in [3.8, 4) is 33.4 Å². The van der Waals surface area contributed by atoms with Crippen LogP contribution in [0.4, 0.5) is 17.1 Å². The average molecular weight is 794 g/mol. The van der Waals surface area contributed by atoms with Gasteiger partial charge in [-0.3, -0.25) is 0 Å². The molecule has 0 amide bonds. The lowest BCUT2D eigenvalue weighted by molar-refractivity contribution is 0.668. The number of para-hydroxylation sites is 2. The number of rotatable bonds is 6. The Labute approximate surface area is 356 Å². The van der Waals surface area contributed by atoms with Crippen LogP contribution >= 0.6 is 0 Å². The summed E-state index contributed by atoms with van der Waals surface area (Å²) in [4.78, 5) is 2.33. The number of benzene rings is 10. The van der Waals surface area contributed by atoms with E-state index in [1.165, 1.54) is 5.39 Å². The first-order valence-corrected chi connectivity index (χ1v) is 21.0. The maximum atomic E-state index is 6.55. The van der Waals surface area contributed by atoms with Crippen molar-refractivity contribution in [2.24, 2.45) is 0 Å². The maximum absolute atomic E-state index is 6.55. The first kappa shape index (κ1) is 34.5. The fourth-order valence-electron chi connectivity index (χ4n) is 9.55. The lowest BCUT2D eigenvalue weighted by Crippen LogP contribution is -2.09. The van der Waals surface area contributed by atoms with Crippen molar-refractivity contribution in [1.29, 1.82) is 0 Å². The van der Waals surface area contributed by atoms with Gasteiger partial charge in [-0.1, -0.05) is 133 Å². The van der Waals surface area contributed by atoms with E-state index in [1.54, 1.807) is 0 Å². The second kappa shape index (κ2) is 13.6. The minimum atomic E-state index is 0.888. The van der Waals surface area contributed by atoms with Gasteiger partial charge in [-0.05, 0) is 118 Å². The largest absolute Gasteiger partial charge is 0.456 e. The molecule has 0 saturated carbocycles. The Hall–Kier alpha value is -8.34. The molecule has 62 heavy (non-hydrogen) atoms. The Bertz CT molecular complexity index is 3850. The Morgan fingerprint density at radius 1 is 0.274 bits per heavy atom. The molecule has 0 radical (unpaired) electrons. The highest BCUT2D eigenvalue weighted by Gasteiger charge is 2.19. The number of furan rings is 3. The molecule has 0 aliphatic rings. The Kier molecular flexibility index (Phi) is 7.57. The zero-order valence-corrected chi connectivity index (χ0v) is 33.4. The van der Waals surface area contributed by atoms with E-state index in [0.717, 1.165) is 122 Å². The molecule has 0 fully saturated rings. The van der Waals surface area contributed by atoms with Crippen molar-refractivity contribution in [2.75, 3.05) is 4.90 Å². The summed E-state index contributed by atoms with van der Waals surface area (Å²) >= 11 is 0. The van der Waals surface area contributed by atoms with Crippen LogP contribution in [0.2, 0.25) is 0 Å². The highest BCUT2D eigenvalue weighted by atomic mass is 16.3. The topological polar surface area (TPSA) is 42.7 Å². The van der Waals surface area contributed by atoms with Gasteiger partial charge in [-0.25, -0.2) is 0 Å². The zero-order valence-electron chi connectivity index (χ0n) is 33.4. The molecule has 4 heteroatoms. The molecule has 10 aromatic carbocycles. The predicted octanol–water partition coefficient (Wildman–Crippen LogP) is 17.0. The lowest BCUT2D eigenvalue weighted by Gasteiger charge is -2.26. The van der Waals surface area contributed by atoms with Crippen LogP contribution in [0.25, 0.3) is 110 Å².